The van der Waals surface area contributed by atoms with E-state index in [-0.39, 0.29) is 30.9 Å². The van der Waals surface area contributed by atoms with E-state index in [9.17, 15) is 36.0 Å². The lowest BCUT2D eigenvalue weighted by Crippen LogP contribution is -2.45. The molecule has 2 aliphatic heterocycles. The molecule has 0 aromatic heterocycles. The van der Waals surface area contributed by atoms with Gasteiger partial charge in [-0.3, -0.25) is 19.2 Å². The van der Waals surface area contributed by atoms with Crippen LogP contribution in [0.3, 0.4) is 0 Å². The molecule has 2 heterocycles. The van der Waals surface area contributed by atoms with E-state index in [1.54, 1.807) is 0 Å². The number of fused-ring (bicyclic) bond motifs is 1. The van der Waals surface area contributed by atoms with Crippen molar-refractivity contribution in [3.63, 3.8) is 0 Å². The van der Waals surface area contributed by atoms with Crippen molar-refractivity contribution in [1.29, 1.82) is 0 Å². The Morgan fingerprint density at radius 3 is 1.32 bits per heavy atom. The number of amidine groups is 2. The van der Waals surface area contributed by atoms with Crippen molar-refractivity contribution in [3.8, 4) is 0 Å². The average Bonchev–Trinajstić information content (AvgIpc) is 3.36. The average molecular weight is 683 g/mol. The van der Waals surface area contributed by atoms with Crippen LogP contribution in [0.1, 0.15) is 41.5 Å². The molecule has 2 N–H and O–H groups in total. The van der Waals surface area contributed by atoms with E-state index in [2.05, 4.69) is 20.8 Å². The predicted octanol–water partition coefficient (Wildman–Crippen LogP) is 1.82. The van der Waals surface area contributed by atoms with Crippen LogP contribution >= 0.6 is 23.5 Å². The van der Waals surface area contributed by atoms with Crippen molar-refractivity contribution in [2.45, 2.75) is 61.1 Å². The Kier molecular flexibility index (Phi) is 8.95. The summed E-state index contributed by atoms with van der Waals surface area (Å²) in [6.45, 7) is 7.98. The molecule has 0 aliphatic carbocycles. The molecule has 4 amide bonds. The van der Waals surface area contributed by atoms with Gasteiger partial charge < -0.3 is 10.6 Å². The maximum Gasteiger partial charge on any atom is 0.240 e. The first-order valence-corrected chi connectivity index (χ1v) is 17.9. The topological polar surface area (TPSA) is 192 Å². The molecule has 18 heteroatoms. The summed E-state index contributed by atoms with van der Waals surface area (Å²) >= 11 is 1.82. The van der Waals surface area contributed by atoms with Crippen molar-refractivity contribution in [2.24, 2.45) is 10.2 Å². The van der Waals surface area contributed by atoms with Crippen molar-refractivity contribution in [2.75, 3.05) is 11.5 Å². The highest BCUT2D eigenvalue weighted by Gasteiger charge is 2.48. The van der Waals surface area contributed by atoms with Crippen LogP contribution in [0, 0.1) is 0 Å². The highest BCUT2D eigenvalue weighted by atomic mass is 32.2. The molecule has 236 valence electrons. The van der Waals surface area contributed by atoms with Gasteiger partial charge in [-0.15, -0.1) is 10.2 Å². The molecule has 0 saturated heterocycles. The van der Waals surface area contributed by atoms with E-state index in [0.717, 1.165) is 33.5 Å². The van der Waals surface area contributed by atoms with Crippen LogP contribution in [0.5, 0.6) is 0 Å². The fourth-order valence-corrected chi connectivity index (χ4v) is 11.9. The smallest absolute Gasteiger partial charge is 0.240 e. The Morgan fingerprint density at radius 1 is 0.682 bits per heavy atom. The van der Waals surface area contributed by atoms with E-state index in [0.29, 0.717) is 0 Å². The molecule has 2 aromatic carbocycles. The number of nitrogens with zero attached hydrogens (tertiary/aromatic N) is 4. The summed E-state index contributed by atoms with van der Waals surface area (Å²) < 4.78 is 55.6. The van der Waals surface area contributed by atoms with Crippen molar-refractivity contribution in [1.82, 2.24) is 20.7 Å². The first-order valence-electron chi connectivity index (χ1n) is 13.0. The number of amides is 4. The monoisotopic (exact) mass is 682 g/mol. The molecular weight excluding hydrogens is 653 g/mol. The summed E-state index contributed by atoms with van der Waals surface area (Å²) in [4.78, 5) is 44.7. The molecule has 0 fully saturated rings. The van der Waals surface area contributed by atoms with Gasteiger partial charge in [-0.1, -0.05) is 47.8 Å². The summed E-state index contributed by atoms with van der Waals surface area (Å²) in [6.07, 6.45) is 0. The van der Waals surface area contributed by atoms with Crippen molar-refractivity contribution in [3.05, 3.63) is 36.4 Å². The summed E-state index contributed by atoms with van der Waals surface area (Å²) in [5.74, 6) is -3.15. The number of hydrogen-bond acceptors (Lipinski definition) is 12. The van der Waals surface area contributed by atoms with E-state index < -0.39 is 64.6 Å². The summed E-state index contributed by atoms with van der Waals surface area (Å²) in [7, 11) is -8.39. The van der Waals surface area contributed by atoms with Crippen LogP contribution in [-0.4, -0.2) is 82.1 Å². The standard InChI is InChI=1S/C26H30N6O8S4/c1-15(33)27-23-29-31(17(3)35)25(5,41-23)13-43(37,38)21-11-7-10-20-19(21)9-8-12-22(20)44(39,40)14-26(6)32(18(4)36)30-24(42-26)28-16(2)34/h7-12H,13-14H2,1-6H3,(H,27,29,33)(H,28,30,34)/t25-,26+. The highest BCUT2D eigenvalue weighted by molar-refractivity contribution is 8.16. The Hall–Kier alpha value is -3.48. The second kappa shape index (κ2) is 11.8. The lowest BCUT2D eigenvalue weighted by molar-refractivity contribution is -0.131. The Bertz CT molecular complexity index is 1740. The second-order valence-corrected chi connectivity index (χ2v) is 17.4. The molecule has 0 bridgehead atoms. The number of hydrazone groups is 2. The van der Waals surface area contributed by atoms with Gasteiger partial charge in [0.1, 0.15) is 9.74 Å². The molecule has 2 aromatic rings. The first kappa shape index (κ1) is 33.4. The SMILES string of the molecule is CC(=O)NC1=NN(C(C)=O)[C@@](C)(CS(=O)(=O)c2cccc3c(S(=O)(=O)C[C@]4(C)SC(NC(C)=O)=NN4C(C)=O)cccc23)S1. The molecule has 0 saturated carbocycles. The van der Waals surface area contributed by atoms with Crippen LogP contribution in [-0.2, 0) is 38.9 Å². The Labute approximate surface area is 262 Å². The number of thioether (sulfide) groups is 2. The lowest BCUT2D eigenvalue weighted by Gasteiger charge is -2.30. The zero-order chi connectivity index (χ0) is 32.8. The summed E-state index contributed by atoms with van der Waals surface area (Å²) in [5, 5.41) is 15.6. The Balaban J connectivity index is 1.72. The van der Waals surface area contributed by atoms with E-state index in [1.807, 2.05) is 0 Å². The van der Waals surface area contributed by atoms with Gasteiger partial charge in [-0.2, -0.15) is 0 Å². The quantitative estimate of drug-likeness (QED) is 0.454. The van der Waals surface area contributed by atoms with E-state index in [4.69, 9.17) is 0 Å². The van der Waals surface area contributed by atoms with Crippen molar-refractivity contribution < 1.29 is 36.0 Å². The van der Waals surface area contributed by atoms with Crippen molar-refractivity contribution >= 4 is 87.9 Å². The van der Waals surface area contributed by atoms with Gasteiger partial charge >= 0.3 is 0 Å². The molecule has 0 spiro atoms. The summed E-state index contributed by atoms with van der Waals surface area (Å²) in [6, 6.07) is 8.52. The number of benzene rings is 2. The minimum Gasteiger partial charge on any atom is -0.304 e. The lowest BCUT2D eigenvalue weighted by atomic mass is 10.1. The maximum absolute atomic E-state index is 13.9. The first-order chi connectivity index (χ1) is 20.3. The van der Waals surface area contributed by atoms with Crippen LogP contribution in [0.25, 0.3) is 10.8 Å². The molecular formula is C26H30N6O8S4. The van der Waals surface area contributed by atoms with Gasteiger partial charge in [0.25, 0.3) is 0 Å². The molecule has 14 nitrogen and oxygen atoms in total. The zero-order valence-electron chi connectivity index (χ0n) is 24.6. The molecule has 44 heavy (non-hydrogen) atoms. The highest BCUT2D eigenvalue weighted by Crippen LogP contribution is 2.42. The van der Waals surface area contributed by atoms with Crippen LogP contribution in [0.4, 0.5) is 0 Å². The third-order valence-corrected chi connectivity index (χ3v) is 13.1. The van der Waals surface area contributed by atoms with Gasteiger partial charge in [0.05, 0.1) is 21.3 Å². The van der Waals surface area contributed by atoms with Gasteiger partial charge in [-0.05, 0) is 26.0 Å². The fourth-order valence-electron chi connectivity index (χ4n) is 4.98. The number of sulfone groups is 2. The fraction of sp³-hybridized carbons (Fsp3) is 0.385. The number of rotatable bonds is 6. The van der Waals surface area contributed by atoms with Gasteiger partial charge in [0.2, 0.25) is 23.6 Å². The molecule has 2 aliphatic rings. The van der Waals surface area contributed by atoms with Gasteiger partial charge in [0.15, 0.2) is 30.0 Å². The van der Waals surface area contributed by atoms with Crippen LogP contribution in [0.15, 0.2) is 56.4 Å². The Morgan fingerprint density at radius 2 is 1.02 bits per heavy atom. The normalized spacial score (nSPS) is 22.0. The molecule has 2 atom stereocenters. The minimum atomic E-state index is -4.19. The zero-order valence-corrected chi connectivity index (χ0v) is 27.8. The molecule has 0 unspecified atom stereocenters. The van der Waals surface area contributed by atoms with E-state index in [1.165, 1.54) is 77.9 Å². The minimum absolute atomic E-state index is 0.0696. The maximum atomic E-state index is 13.9. The third-order valence-electron chi connectivity index (χ3n) is 6.50. The van der Waals surface area contributed by atoms with Gasteiger partial charge in [-0.25, -0.2) is 26.9 Å². The van der Waals surface area contributed by atoms with Crippen LogP contribution in [0.2, 0.25) is 0 Å². The largest absolute Gasteiger partial charge is 0.304 e. The molecule has 4 rings (SSSR count). The third kappa shape index (κ3) is 6.62. The van der Waals surface area contributed by atoms with Crippen LogP contribution < -0.4 is 10.6 Å². The number of hydrogen-bond donors (Lipinski definition) is 2. The second-order valence-electron chi connectivity index (χ2n) is 10.5. The summed E-state index contributed by atoms with van der Waals surface area (Å²) in [5.41, 5.74) is 0. The van der Waals surface area contributed by atoms with Gasteiger partial charge in [0, 0.05) is 38.5 Å². The number of carbonyl (C=O) groups is 4. The van der Waals surface area contributed by atoms with E-state index >= 15 is 0 Å². The number of nitrogens with one attached hydrogen (secondary N) is 2. The molecule has 0 radical (unpaired) electrons. The number of carbonyl (C=O) groups excluding carboxylic acids is 4. The predicted molar refractivity (Wildman–Crippen MR) is 168 cm³/mol.